The van der Waals surface area contributed by atoms with Crippen molar-refractivity contribution in [1.82, 2.24) is 24.4 Å². The van der Waals surface area contributed by atoms with E-state index in [2.05, 4.69) is 20.5 Å². The van der Waals surface area contributed by atoms with E-state index in [0.717, 1.165) is 30.8 Å². The second-order valence-corrected chi connectivity index (χ2v) is 9.46. The molecule has 0 bridgehead atoms. The molecule has 30 heavy (non-hydrogen) atoms. The summed E-state index contributed by atoms with van der Waals surface area (Å²) in [6.07, 6.45) is 4.02. The number of sulfonamides is 1. The first-order valence-electron chi connectivity index (χ1n) is 10.3. The maximum atomic E-state index is 13.2. The highest BCUT2D eigenvalue weighted by Gasteiger charge is 2.29. The van der Waals surface area contributed by atoms with E-state index in [1.54, 1.807) is 16.4 Å². The molecule has 1 aliphatic rings. The third-order valence-corrected chi connectivity index (χ3v) is 7.16. The molecule has 0 aliphatic carbocycles. The van der Waals surface area contributed by atoms with Crippen molar-refractivity contribution in [3.05, 3.63) is 53.9 Å². The highest BCUT2D eigenvalue weighted by atomic mass is 32.2. The summed E-state index contributed by atoms with van der Waals surface area (Å²) in [7, 11) is 0.468. The molecule has 1 aromatic carbocycles. The molecule has 0 unspecified atom stereocenters. The van der Waals surface area contributed by atoms with Crippen molar-refractivity contribution in [2.45, 2.75) is 24.9 Å². The van der Waals surface area contributed by atoms with Gasteiger partial charge in [-0.2, -0.15) is 4.31 Å². The molecule has 164 valence electrons. The highest BCUT2D eigenvalue weighted by molar-refractivity contribution is 7.89. The van der Waals surface area contributed by atoms with Crippen LogP contribution in [-0.2, 0) is 30.2 Å². The van der Waals surface area contributed by atoms with E-state index in [9.17, 15) is 8.42 Å². The second-order valence-electron chi connectivity index (χ2n) is 7.55. The number of aliphatic imine (C=N–C) groups is 1. The van der Waals surface area contributed by atoms with E-state index in [-0.39, 0.29) is 0 Å². The molecule has 0 atom stereocenters. The van der Waals surface area contributed by atoms with Gasteiger partial charge in [0.1, 0.15) is 0 Å². The predicted molar refractivity (Wildman–Crippen MR) is 120 cm³/mol. The van der Waals surface area contributed by atoms with Crippen LogP contribution in [0.25, 0.3) is 0 Å². The van der Waals surface area contributed by atoms with Gasteiger partial charge in [0.15, 0.2) is 5.96 Å². The molecule has 0 saturated carbocycles. The number of nitrogens with one attached hydrogen (secondary N) is 2. The lowest BCUT2D eigenvalue weighted by atomic mass is 10.2. The van der Waals surface area contributed by atoms with Crippen LogP contribution in [0, 0.1) is 0 Å². The molecule has 8 nitrogen and oxygen atoms in total. The third kappa shape index (κ3) is 5.62. The summed E-state index contributed by atoms with van der Waals surface area (Å²) in [6, 6.07) is 9.23. The molecular formula is C21H32N6O2S. The monoisotopic (exact) mass is 432 g/mol. The predicted octanol–water partition coefficient (Wildman–Crippen LogP) is 1.22. The lowest BCUT2D eigenvalue weighted by Gasteiger charge is -2.32. The molecule has 1 aliphatic heterocycles. The van der Waals surface area contributed by atoms with Crippen molar-refractivity contribution in [3.63, 3.8) is 0 Å². The highest BCUT2D eigenvalue weighted by Crippen LogP contribution is 2.21. The van der Waals surface area contributed by atoms with E-state index in [4.69, 9.17) is 0 Å². The molecule has 1 aromatic heterocycles. The van der Waals surface area contributed by atoms with Crippen molar-refractivity contribution < 1.29 is 8.42 Å². The number of piperazine rings is 1. The largest absolute Gasteiger partial charge is 0.357 e. The van der Waals surface area contributed by atoms with Gasteiger partial charge in [-0.05, 0) is 37.2 Å². The Kier molecular flexibility index (Phi) is 7.52. The summed E-state index contributed by atoms with van der Waals surface area (Å²) in [4.78, 5) is 7.12. The topological polar surface area (TPSA) is 82.0 Å². The van der Waals surface area contributed by atoms with Crippen molar-refractivity contribution >= 4 is 16.0 Å². The van der Waals surface area contributed by atoms with Gasteiger partial charge < -0.3 is 20.1 Å². The summed E-state index contributed by atoms with van der Waals surface area (Å²) in [5, 5.41) is 6.50. The second kappa shape index (κ2) is 10.1. The van der Waals surface area contributed by atoms with Gasteiger partial charge in [0, 0.05) is 58.7 Å². The molecular weight excluding hydrogens is 400 g/mol. The smallest absolute Gasteiger partial charge is 0.243 e. The Morgan fingerprint density at radius 3 is 2.47 bits per heavy atom. The van der Waals surface area contributed by atoms with Crippen molar-refractivity contribution in [3.8, 4) is 0 Å². The average molecular weight is 433 g/mol. The average Bonchev–Trinajstić information content (AvgIpc) is 3.16. The Bertz CT molecular complexity index is 961. The summed E-state index contributed by atoms with van der Waals surface area (Å²) in [5.74, 6) is 0.660. The molecule has 1 fully saturated rings. The van der Waals surface area contributed by atoms with Gasteiger partial charge in [-0.1, -0.05) is 18.2 Å². The van der Waals surface area contributed by atoms with Gasteiger partial charge in [-0.25, -0.2) is 13.4 Å². The first-order valence-corrected chi connectivity index (χ1v) is 11.7. The van der Waals surface area contributed by atoms with Crippen LogP contribution < -0.4 is 10.6 Å². The first kappa shape index (κ1) is 22.3. The fourth-order valence-electron chi connectivity index (χ4n) is 3.41. The van der Waals surface area contributed by atoms with Gasteiger partial charge in [0.25, 0.3) is 0 Å². The molecule has 9 heteroatoms. The van der Waals surface area contributed by atoms with Gasteiger partial charge in [-0.3, -0.25) is 0 Å². The van der Waals surface area contributed by atoms with E-state index >= 15 is 0 Å². The SMILES string of the molecule is CCNC(=NCc1ccn(C)c1)NCc1ccccc1S(=O)(=O)N1CCN(C)CC1. The Morgan fingerprint density at radius 1 is 1.07 bits per heavy atom. The molecule has 2 heterocycles. The Hall–Kier alpha value is -2.36. The van der Waals surface area contributed by atoms with Crippen molar-refractivity contribution in [2.75, 3.05) is 39.8 Å². The molecule has 2 aromatic rings. The minimum Gasteiger partial charge on any atom is -0.357 e. The minimum atomic E-state index is -3.53. The number of benzene rings is 1. The van der Waals surface area contributed by atoms with Gasteiger partial charge in [0.05, 0.1) is 11.4 Å². The summed E-state index contributed by atoms with van der Waals surface area (Å²) < 4.78 is 30.0. The number of hydrogen-bond donors (Lipinski definition) is 2. The van der Waals surface area contributed by atoms with Crippen LogP contribution in [-0.4, -0.2) is 67.9 Å². The van der Waals surface area contributed by atoms with E-state index in [1.807, 2.05) is 56.2 Å². The Morgan fingerprint density at radius 2 is 1.80 bits per heavy atom. The zero-order valence-electron chi connectivity index (χ0n) is 18.0. The molecule has 1 saturated heterocycles. The fraction of sp³-hybridized carbons (Fsp3) is 0.476. The summed E-state index contributed by atoms with van der Waals surface area (Å²) >= 11 is 0. The number of guanidine groups is 1. The summed E-state index contributed by atoms with van der Waals surface area (Å²) in [5.41, 5.74) is 1.86. The maximum absolute atomic E-state index is 13.2. The third-order valence-electron chi connectivity index (χ3n) is 5.16. The Labute approximate surface area is 179 Å². The number of rotatable bonds is 7. The minimum absolute atomic E-state index is 0.362. The summed E-state index contributed by atoms with van der Waals surface area (Å²) in [6.45, 7) is 6.19. The lowest BCUT2D eigenvalue weighted by Crippen LogP contribution is -2.47. The first-order chi connectivity index (χ1) is 14.4. The zero-order valence-corrected chi connectivity index (χ0v) is 18.8. The van der Waals surface area contributed by atoms with E-state index < -0.39 is 10.0 Å². The van der Waals surface area contributed by atoms with Crippen LogP contribution in [0.4, 0.5) is 0 Å². The molecule has 0 radical (unpaired) electrons. The Balaban J connectivity index is 1.73. The van der Waals surface area contributed by atoms with Crippen LogP contribution in [0.3, 0.4) is 0 Å². The van der Waals surface area contributed by atoms with E-state index in [1.165, 1.54) is 0 Å². The molecule has 2 N–H and O–H groups in total. The number of aryl methyl sites for hydroxylation is 1. The molecule has 0 spiro atoms. The molecule has 3 rings (SSSR count). The fourth-order valence-corrected chi connectivity index (χ4v) is 5.06. The van der Waals surface area contributed by atoms with Crippen LogP contribution in [0.15, 0.2) is 52.6 Å². The number of aromatic nitrogens is 1. The van der Waals surface area contributed by atoms with Gasteiger partial charge in [0.2, 0.25) is 10.0 Å². The standard InChI is InChI=1S/C21H32N6O2S/c1-4-22-21(23-15-18-9-10-26(3)17-18)24-16-19-7-5-6-8-20(19)30(28,29)27-13-11-25(2)12-14-27/h5-10,17H,4,11-16H2,1-3H3,(H2,22,23,24). The van der Waals surface area contributed by atoms with Gasteiger partial charge in [-0.15, -0.1) is 0 Å². The molecule has 0 amide bonds. The van der Waals surface area contributed by atoms with E-state index in [0.29, 0.717) is 37.0 Å². The van der Waals surface area contributed by atoms with Crippen LogP contribution in [0.2, 0.25) is 0 Å². The quantitative estimate of drug-likeness (QED) is 0.508. The number of hydrogen-bond acceptors (Lipinski definition) is 4. The van der Waals surface area contributed by atoms with Gasteiger partial charge >= 0.3 is 0 Å². The van der Waals surface area contributed by atoms with Crippen LogP contribution in [0.5, 0.6) is 0 Å². The normalized spacial score (nSPS) is 16.6. The maximum Gasteiger partial charge on any atom is 0.243 e. The van der Waals surface area contributed by atoms with Crippen LogP contribution >= 0.6 is 0 Å². The lowest BCUT2D eigenvalue weighted by molar-refractivity contribution is 0.222. The number of nitrogens with zero attached hydrogens (tertiary/aromatic N) is 4. The van der Waals surface area contributed by atoms with Crippen molar-refractivity contribution in [2.24, 2.45) is 12.0 Å². The number of likely N-dealkylation sites (N-methyl/N-ethyl adjacent to an activating group) is 1. The van der Waals surface area contributed by atoms with Crippen LogP contribution in [0.1, 0.15) is 18.1 Å². The van der Waals surface area contributed by atoms with Crippen molar-refractivity contribution in [1.29, 1.82) is 0 Å². The zero-order chi connectivity index (χ0) is 21.6.